The maximum atomic E-state index is 13.1. The molecule has 0 bridgehead atoms. The lowest BCUT2D eigenvalue weighted by Crippen LogP contribution is -2.06. The summed E-state index contributed by atoms with van der Waals surface area (Å²) in [4.78, 5) is 8.62. The average Bonchev–Trinajstić information content (AvgIpc) is 3.37. The number of fused-ring (bicyclic) bond motifs is 1. The molecule has 0 N–H and O–H groups in total. The normalized spacial score (nSPS) is 15.0. The SMILES string of the molecule is FC(F)(F)c1ccc(-c2ncnc3cc(Br)ccc23)c(C2CC2)c1. The number of benzene rings is 2. The van der Waals surface area contributed by atoms with E-state index in [-0.39, 0.29) is 5.92 Å². The summed E-state index contributed by atoms with van der Waals surface area (Å²) in [5.74, 6) is 0.183. The van der Waals surface area contributed by atoms with Gasteiger partial charge in [0, 0.05) is 15.4 Å². The van der Waals surface area contributed by atoms with Crippen LogP contribution < -0.4 is 0 Å². The van der Waals surface area contributed by atoms with Crippen molar-refractivity contribution >= 4 is 26.8 Å². The Labute approximate surface area is 144 Å². The fraction of sp³-hybridized carbons (Fsp3) is 0.222. The van der Waals surface area contributed by atoms with E-state index in [1.807, 2.05) is 18.2 Å². The molecular formula is C18H12BrF3N2. The summed E-state index contributed by atoms with van der Waals surface area (Å²) in [5.41, 5.74) is 2.33. The van der Waals surface area contributed by atoms with E-state index in [2.05, 4.69) is 25.9 Å². The Kier molecular flexibility index (Phi) is 3.60. The summed E-state index contributed by atoms with van der Waals surface area (Å²) in [6, 6.07) is 9.61. The van der Waals surface area contributed by atoms with Gasteiger partial charge in [0.1, 0.15) is 6.33 Å². The van der Waals surface area contributed by atoms with Gasteiger partial charge in [-0.2, -0.15) is 13.2 Å². The molecule has 1 aromatic heterocycles. The summed E-state index contributed by atoms with van der Waals surface area (Å²) < 4.78 is 40.1. The molecule has 6 heteroatoms. The van der Waals surface area contributed by atoms with Crippen LogP contribution in [0.4, 0.5) is 13.2 Å². The fourth-order valence-electron chi connectivity index (χ4n) is 2.93. The van der Waals surface area contributed by atoms with Gasteiger partial charge in [-0.05, 0) is 54.7 Å². The monoisotopic (exact) mass is 392 g/mol. The van der Waals surface area contributed by atoms with Crippen molar-refractivity contribution in [2.45, 2.75) is 24.9 Å². The number of alkyl halides is 3. The number of nitrogens with zero attached hydrogens (tertiary/aromatic N) is 2. The minimum Gasteiger partial charge on any atom is -0.236 e. The zero-order chi connectivity index (χ0) is 16.9. The maximum Gasteiger partial charge on any atom is 0.416 e. The lowest BCUT2D eigenvalue weighted by molar-refractivity contribution is -0.137. The Morgan fingerprint density at radius 1 is 1.00 bits per heavy atom. The lowest BCUT2D eigenvalue weighted by Gasteiger charge is -2.14. The Morgan fingerprint density at radius 3 is 2.50 bits per heavy atom. The van der Waals surface area contributed by atoms with Gasteiger partial charge in [-0.1, -0.05) is 22.0 Å². The molecule has 0 aliphatic heterocycles. The molecule has 1 heterocycles. The third-order valence-electron chi connectivity index (χ3n) is 4.25. The Hall–Kier alpha value is -1.95. The van der Waals surface area contributed by atoms with Crippen molar-refractivity contribution in [3.05, 3.63) is 58.3 Å². The highest BCUT2D eigenvalue weighted by atomic mass is 79.9. The Bertz CT molecular complexity index is 933. The summed E-state index contributed by atoms with van der Waals surface area (Å²) in [5, 5.41) is 0.836. The minimum absolute atomic E-state index is 0.183. The van der Waals surface area contributed by atoms with Crippen molar-refractivity contribution in [3.63, 3.8) is 0 Å². The van der Waals surface area contributed by atoms with Crippen molar-refractivity contribution < 1.29 is 13.2 Å². The predicted molar refractivity (Wildman–Crippen MR) is 89.7 cm³/mol. The van der Waals surface area contributed by atoms with E-state index >= 15 is 0 Å². The van der Waals surface area contributed by atoms with Crippen molar-refractivity contribution in [2.24, 2.45) is 0 Å². The molecular weight excluding hydrogens is 381 g/mol. The van der Waals surface area contributed by atoms with Crippen LogP contribution in [0.1, 0.15) is 29.9 Å². The molecule has 3 aromatic rings. The first-order valence-corrected chi connectivity index (χ1v) is 8.34. The van der Waals surface area contributed by atoms with Crippen LogP contribution in [-0.4, -0.2) is 9.97 Å². The number of hydrogen-bond donors (Lipinski definition) is 0. The molecule has 24 heavy (non-hydrogen) atoms. The first kappa shape index (κ1) is 15.6. The second-order valence-corrected chi connectivity index (χ2v) is 6.87. The highest BCUT2D eigenvalue weighted by Crippen LogP contribution is 2.46. The van der Waals surface area contributed by atoms with Gasteiger partial charge < -0.3 is 0 Å². The minimum atomic E-state index is -4.33. The third kappa shape index (κ3) is 2.79. The van der Waals surface area contributed by atoms with Gasteiger partial charge in [0.2, 0.25) is 0 Å². The first-order chi connectivity index (χ1) is 11.4. The largest absolute Gasteiger partial charge is 0.416 e. The lowest BCUT2D eigenvalue weighted by atomic mass is 9.95. The molecule has 0 saturated heterocycles. The van der Waals surface area contributed by atoms with Crippen LogP contribution in [0, 0.1) is 0 Å². The summed E-state index contributed by atoms with van der Waals surface area (Å²) in [6.07, 6.45) is -1.04. The average molecular weight is 393 g/mol. The van der Waals surface area contributed by atoms with E-state index in [0.717, 1.165) is 45.4 Å². The molecule has 4 rings (SSSR count). The van der Waals surface area contributed by atoms with E-state index < -0.39 is 11.7 Å². The topological polar surface area (TPSA) is 25.8 Å². The molecule has 0 spiro atoms. The molecule has 0 unspecified atom stereocenters. The van der Waals surface area contributed by atoms with Crippen molar-refractivity contribution in [3.8, 4) is 11.3 Å². The molecule has 122 valence electrons. The van der Waals surface area contributed by atoms with Crippen molar-refractivity contribution in [1.29, 1.82) is 0 Å². The van der Waals surface area contributed by atoms with Crippen LogP contribution in [0.5, 0.6) is 0 Å². The third-order valence-corrected chi connectivity index (χ3v) is 4.74. The zero-order valence-corrected chi connectivity index (χ0v) is 14.0. The molecule has 1 aliphatic carbocycles. The smallest absolute Gasteiger partial charge is 0.236 e. The van der Waals surface area contributed by atoms with Crippen LogP contribution in [-0.2, 0) is 6.18 Å². The quantitative estimate of drug-likeness (QED) is 0.537. The van der Waals surface area contributed by atoms with Crippen LogP contribution in [0.15, 0.2) is 47.2 Å². The van der Waals surface area contributed by atoms with Crippen LogP contribution >= 0.6 is 15.9 Å². The van der Waals surface area contributed by atoms with E-state index in [1.54, 1.807) is 6.07 Å². The van der Waals surface area contributed by atoms with Gasteiger partial charge in [-0.15, -0.1) is 0 Å². The van der Waals surface area contributed by atoms with E-state index in [1.165, 1.54) is 12.4 Å². The van der Waals surface area contributed by atoms with E-state index in [4.69, 9.17) is 0 Å². The Balaban J connectivity index is 1.94. The number of hydrogen-bond acceptors (Lipinski definition) is 2. The summed E-state index contributed by atoms with van der Waals surface area (Å²) in [7, 11) is 0. The first-order valence-electron chi connectivity index (χ1n) is 7.55. The molecule has 1 saturated carbocycles. The second kappa shape index (κ2) is 5.55. The van der Waals surface area contributed by atoms with E-state index in [9.17, 15) is 13.2 Å². The van der Waals surface area contributed by atoms with Crippen LogP contribution in [0.3, 0.4) is 0 Å². The molecule has 2 aromatic carbocycles. The van der Waals surface area contributed by atoms with Gasteiger partial charge in [0.05, 0.1) is 16.8 Å². The van der Waals surface area contributed by atoms with Gasteiger partial charge in [0.25, 0.3) is 0 Å². The summed E-state index contributed by atoms with van der Waals surface area (Å²) in [6.45, 7) is 0. The predicted octanol–water partition coefficient (Wildman–Crippen LogP) is 5.96. The fourth-order valence-corrected chi connectivity index (χ4v) is 3.28. The molecule has 0 radical (unpaired) electrons. The standard InChI is InChI=1S/C18H12BrF3N2/c19-12-4-6-14-16(8-12)23-9-24-17(14)13-5-3-11(18(20,21)22)7-15(13)10-1-2-10/h3-10H,1-2H2. The number of halogens is 4. The van der Waals surface area contributed by atoms with Crippen LogP contribution in [0.25, 0.3) is 22.2 Å². The van der Waals surface area contributed by atoms with Gasteiger partial charge in [-0.3, -0.25) is 0 Å². The Morgan fingerprint density at radius 2 is 1.79 bits per heavy atom. The molecule has 0 amide bonds. The number of rotatable bonds is 2. The van der Waals surface area contributed by atoms with E-state index in [0.29, 0.717) is 5.69 Å². The highest BCUT2D eigenvalue weighted by molar-refractivity contribution is 9.10. The maximum absolute atomic E-state index is 13.1. The van der Waals surface area contributed by atoms with Crippen molar-refractivity contribution in [1.82, 2.24) is 9.97 Å². The zero-order valence-electron chi connectivity index (χ0n) is 12.4. The molecule has 2 nitrogen and oxygen atoms in total. The van der Waals surface area contributed by atoms with Crippen molar-refractivity contribution in [2.75, 3.05) is 0 Å². The summed E-state index contributed by atoms with van der Waals surface area (Å²) >= 11 is 3.41. The highest BCUT2D eigenvalue weighted by Gasteiger charge is 2.34. The number of aromatic nitrogens is 2. The molecule has 0 atom stereocenters. The van der Waals surface area contributed by atoms with Crippen LogP contribution in [0.2, 0.25) is 0 Å². The van der Waals surface area contributed by atoms with Gasteiger partial charge in [0.15, 0.2) is 0 Å². The second-order valence-electron chi connectivity index (χ2n) is 5.96. The molecule has 1 aliphatic rings. The van der Waals surface area contributed by atoms with Gasteiger partial charge in [-0.25, -0.2) is 9.97 Å². The molecule has 1 fully saturated rings. The van der Waals surface area contributed by atoms with Gasteiger partial charge >= 0.3 is 6.18 Å².